The molecule has 0 unspecified atom stereocenters. The van der Waals surface area contributed by atoms with Crippen molar-refractivity contribution in [3.63, 3.8) is 0 Å². The van der Waals surface area contributed by atoms with Crippen molar-refractivity contribution >= 4 is 5.95 Å². The highest BCUT2D eigenvalue weighted by atomic mass is 15.1. The minimum atomic E-state index is 0.681. The molecule has 4 heteroatoms. The quantitative estimate of drug-likeness (QED) is 0.525. The molecule has 0 saturated heterocycles. The summed E-state index contributed by atoms with van der Waals surface area (Å²) in [5.41, 5.74) is 1.08. The molecule has 1 aromatic heterocycles. The van der Waals surface area contributed by atoms with E-state index in [4.69, 9.17) is 0 Å². The Morgan fingerprint density at radius 1 is 1.43 bits per heavy atom. The molecule has 0 aliphatic rings. The zero-order valence-electron chi connectivity index (χ0n) is 8.45. The molecule has 0 aliphatic carbocycles. The van der Waals surface area contributed by atoms with Gasteiger partial charge in [0.1, 0.15) is 0 Å². The van der Waals surface area contributed by atoms with E-state index < -0.39 is 0 Å². The van der Waals surface area contributed by atoms with E-state index in [1.807, 2.05) is 25.4 Å². The summed E-state index contributed by atoms with van der Waals surface area (Å²) in [6.07, 6.45) is 5.47. The van der Waals surface area contributed by atoms with Gasteiger partial charge in [0.2, 0.25) is 5.95 Å². The van der Waals surface area contributed by atoms with Crippen molar-refractivity contribution in [2.75, 3.05) is 18.4 Å². The van der Waals surface area contributed by atoms with Gasteiger partial charge in [-0.2, -0.15) is 0 Å². The zero-order valence-corrected chi connectivity index (χ0v) is 8.45. The third kappa shape index (κ3) is 3.53. The molecule has 0 aliphatic heterocycles. The minimum Gasteiger partial charge on any atom is -0.355 e. The van der Waals surface area contributed by atoms with Crippen molar-refractivity contribution in [3.8, 4) is 0 Å². The first-order valence-corrected chi connectivity index (χ1v) is 4.73. The molecule has 0 aromatic carbocycles. The van der Waals surface area contributed by atoms with Gasteiger partial charge in [-0.3, -0.25) is 0 Å². The van der Waals surface area contributed by atoms with Crippen molar-refractivity contribution in [3.05, 3.63) is 30.6 Å². The molecule has 0 bridgehead atoms. The van der Waals surface area contributed by atoms with Crippen molar-refractivity contribution in [2.45, 2.75) is 13.5 Å². The van der Waals surface area contributed by atoms with E-state index in [1.165, 1.54) is 0 Å². The second-order valence-corrected chi connectivity index (χ2v) is 2.86. The average molecular weight is 192 g/mol. The molecule has 0 radical (unpaired) electrons. The van der Waals surface area contributed by atoms with Crippen molar-refractivity contribution < 1.29 is 0 Å². The Morgan fingerprint density at radius 3 is 2.71 bits per heavy atom. The number of nitrogens with zero attached hydrogens (tertiary/aromatic N) is 2. The van der Waals surface area contributed by atoms with Crippen LogP contribution in [-0.4, -0.2) is 23.1 Å². The second-order valence-electron chi connectivity index (χ2n) is 2.86. The lowest BCUT2D eigenvalue weighted by molar-refractivity contribution is 0.753. The van der Waals surface area contributed by atoms with Gasteiger partial charge in [0.05, 0.1) is 0 Å². The number of aromatic nitrogens is 2. The predicted octanol–water partition coefficient (Wildman–Crippen LogP) is 1.18. The van der Waals surface area contributed by atoms with E-state index in [2.05, 4.69) is 27.2 Å². The molecular formula is C10H16N4. The van der Waals surface area contributed by atoms with Crippen LogP contribution in [0.4, 0.5) is 5.95 Å². The third-order valence-electron chi connectivity index (χ3n) is 1.66. The van der Waals surface area contributed by atoms with Crippen molar-refractivity contribution in [1.29, 1.82) is 0 Å². The molecule has 2 N–H and O–H groups in total. The molecule has 0 saturated carbocycles. The molecule has 14 heavy (non-hydrogen) atoms. The Morgan fingerprint density at radius 2 is 2.14 bits per heavy atom. The lowest BCUT2D eigenvalue weighted by atomic mass is 10.3. The lowest BCUT2D eigenvalue weighted by Gasteiger charge is -2.03. The topological polar surface area (TPSA) is 49.8 Å². The van der Waals surface area contributed by atoms with Crippen LogP contribution in [0.1, 0.15) is 12.5 Å². The molecule has 1 aromatic rings. The van der Waals surface area contributed by atoms with Crippen LogP contribution in [0.3, 0.4) is 0 Å². The van der Waals surface area contributed by atoms with Gasteiger partial charge < -0.3 is 10.6 Å². The zero-order chi connectivity index (χ0) is 10.2. The number of hydrogen-bond donors (Lipinski definition) is 2. The van der Waals surface area contributed by atoms with E-state index in [1.54, 1.807) is 0 Å². The summed E-state index contributed by atoms with van der Waals surface area (Å²) in [5.74, 6) is 0.681. The first kappa shape index (κ1) is 10.7. The van der Waals surface area contributed by atoms with Gasteiger partial charge in [-0.25, -0.2) is 9.97 Å². The third-order valence-corrected chi connectivity index (χ3v) is 1.66. The van der Waals surface area contributed by atoms with Crippen LogP contribution in [0, 0.1) is 0 Å². The predicted molar refractivity (Wildman–Crippen MR) is 58.1 cm³/mol. The monoisotopic (exact) mass is 192 g/mol. The SMILES string of the molecule is C=CCNCc1cnc(NCC)nc1. The van der Waals surface area contributed by atoms with E-state index in [9.17, 15) is 0 Å². The molecule has 1 heterocycles. The highest BCUT2D eigenvalue weighted by Crippen LogP contribution is 1.99. The van der Waals surface area contributed by atoms with Crippen molar-refractivity contribution in [2.24, 2.45) is 0 Å². The molecule has 4 nitrogen and oxygen atoms in total. The standard InChI is InChI=1S/C10H16N4/c1-3-5-11-6-9-7-13-10(12-4-2)14-8-9/h3,7-8,11H,1,4-6H2,2H3,(H,12,13,14). The van der Waals surface area contributed by atoms with E-state index >= 15 is 0 Å². The summed E-state index contributed by atoms with van der Waals surface area (Å²) in [4.78, 5) is 8.32. The van der Waals surface area contributed by atoms with Crippen LogP contribution in [0.5, 0.6) is 0 Å². The molecular weight excluding hydrogens is 176 g/mol. The van der Waals surface area contributed by atoms with Gasteiger partial charge >= 0.3 is 0 Å². The van der Waals surface area contributed by atoms with Crippen molar-refractivity contribution in [1.82, 2.24) is 15.3 Å². The highest BCUT2D eigenvalue weighted by molar-refractivity contribution is 5.24. The maximum absolute atomic E-state index is 4.16. The Kier molecular flexibility index (Phi) is 4.64. The first-order valence-electron chi connectivity index (χ1n) is 4.73. The van der Waals surface area contributed by atoms with Gasteiger partial charge in [-0.15, -0.1) is 6.58 Å². The maximum Gasteiger partial charge on any atom is 0.222 e. The minimum absolute atomic E-state index is 0.681. The maximum atomic E-state index is 4.16. The van der Waals surface area contributed by atoms with E-state index in [0.717, 1.165) is 25.2 Å². The van der Waals surface area contributed by atoms with Crippen LogP contribution in [0.25, 0.3) is 0 Å². The molecule has 0 fully saturated rings. The average Bonchev–Trinajstić information content (AvgIpc) is 2.21. The second kappa shape index (κ2) is 6.10. The Bertz CT molecular complexity index is 268. The fourth-order valence-corrected chi connectivity index (χ4v) is 1.01. The highest BCUT2D eigenvalue weighted by Gasteiger charge is 1.94. The summed E-state index contributed by atoms with van der Waals surface area (Å²) >= 11 is 0. The summed E-state index contributed by atoms with van der Waals surface area (Å²) in [6, 6.07) is 0. The van der Waals surface area contributed by atoms with Gasteiger partial charge in [-0.05, 0) is 6.92 Å². The van der Waals surface area contributed by atoms with E-state index in [0.29, 0.717) is 5.95 Å². The Hall–Kier alpha value is -1.42. The summed E-state index contributed by atoms with van der Waals surface area (Å²) in [5, 5.41) is 6.23. The number of rotatable bonds is 6. The summed E-state index contributed by atoms with van der Waals surface area (Å²) in [7, 11) is 0. The largest absolute Gasteiger partial charge is 0.355 e. The molecule has 1 rings (SSSR count). The molecule has 76 valence electrons. The first-order chi connectivity index (χ1) is 6.86. The van der Waals surface area contributed by atoms with Gasteiger partial charge in [-0.1, -0.05) is 6.08 Å². The number of hydrogen-bond acceptors (Lipinski definition) is 4. The van der Waals surface area contributed by atoms with Gasteiger partial charge in [0, 0.05) is 37.6 Å². The summed E-state index contributed by atoms with van der Waals surface area (Å²) in [6.45, 7) is 8.06. The normalized spacial score (nSPS) is 9.79. The van der Waals surface area contributed by atoms with Crippen LogP contribution in [0.2, 0.25) is 0 Å². The van der Waals surface area contributed by atoms with Crippen LogP contribution in [0.15, 0.2) is 25.0 Å². The summed E-state index contributed by atoms with van der Waals surface area (Å²) < 4.78 is 0. The molecule has 0 atom stereocenters. The number of nitrogens with one attached hydrogen (secondary N) is 2. The lowest BCUT2D eigenvalue weighted by Crippen LogP contribution is -2.13. The fraction of sp³-hybridized carbons (Fsp3) is 0.400. The Balaban J connectivity index is 2.42. The molecule has 0 spiro atoms. The smallest absolute Gasteiger partial charge is 0.222 e. The fourth-order valence-electron chi connectivity index (χ4n) is 1.01. The van der Waals surface area contributed by atoms with Gasteiger partial charge in [0.15, 0.2) is 0 Å². The molecule has 0 amide bonds. The Labute approximate surface area is 84.5 Å². The van der Waals surface area contributed by atoms with Gasteiger partial charge in [0.25, 0.3) is 0 Å². The van der Waals surface area contributed by atoms with Crippen LogP contribution in [-0.2, 0) is 6.54 Å². The number of anilines is 1. The van der Waals surface area contributed by atoms with E-state index in [-0.39, 0.29) is 0 Å². The van der Waals surface area contributed by atoms with Crippen LogP contribution < -0.4 is 10.6 Å². The van der Waals surface area contributed by atoms with Crippen LogP contribution >= 0.6 is 0 Å².